The summed E-state index contributed by atoms with van der Waals surface area (Å²) in [5.41, 5.74) is 0. The van der Waals surface area contributed by atoms with Crippen LogP contribution in [0.1, 0.15) is 26.7 Å². The van der Waals surface area contributed by atoms with E-state index in [0.717, 1.165) is 5.75 Å². The van der Waals surface area contributed by atoms with Crippen molar-refractivity contribution in [2.24, 2.45) is 5.92 Å². The minimum atomic E-state index is -0.901. The zero-order chi connectivity index (χ0) is 10.3. The molecule has 0 bridgehead atoms. The van der Waals surface area contributed by atoms with E-state index in [2.05, 4.69) is 13.8 Å². The van der Waals surface area contributed by atoms with Crippen LogP contribution >= 0.6 is 11.8 Å². The molecule has 0 spiro atoms. The number of carbonyl (C=O) groups excluding carboxylic acids is 1. The van der Waals surface area contributed by atoms with Crippen molar-refractivity contribution in [2.45, 2.75) is 26.7 Å². The van der Waals surface area contributed by atoms with Crippen molar-refractivity contribution in [1.82, 2.24) is 0 Å². The van der Waals surface area contributed by atoms with Gasteiger partial charge in [0.15, 0.2) is 0 Å². The number of Topliss-reactive ketones (excluding diaryl/α,β-unsaturated/α-hetero) is 1. The van der Waals surface area contributed by atoms with Crippen LogP contribution in [0, 0.1) is 5.92 Å². The molecule has 0 aromatic carbocycles. The maximum absolute atomic E-state index is 11.0. The normalized spacial score (nSPS) is 10.4. The topological polar surface area (TPSA) is 54.4 Å². The first-order chi connectivity index (χ1) is 6.02. The SMILES string of the molecule is CC(C)CSCC(=O)CCC(=O)O. The monoisotopic (exact) mass is 204 g/mol. The Morgan fingerprint density at radius 1 is 1.31 bits per heavy atom. The standard InChI is InChI=1S/C9H16O3S/c1-7(2)5-13-6-8(10)3-4-9(11)12/h7H,3-6H2,1-2H3,(H,11,12). The molecule has 0 aromatic rings. The molecular formula is C9H16O3S. The molecule has 0 aliphatic carbocycles. The molecule has 0 aliphatic rings. The quantitative estimate of drug-likeness (QED) is 0.687. The largest absolute Gasteiger partial charge is 0.481 e. The van der Waals surface area contributed by atoms with Crippen LogP contribution in [-0.4, -0.2) is 28.4 Å². The minimum Gasteiger partial charge on any atom is -0.481 e. The van der Waals surface area contributed by atoms with E-state index < -0.39 is 5.97 Å². The molecule has 0 amide bonds. The fraction of sp³-hybridized carbons (Fsp3) is 0.778. The van der Waals surface area contributed by atoms with Crippen LogP contribution in [0.15, 0.2) is 0 Å². The average Bonchev–Trinajstić information content (AvgIpc) is 2.00. The smallest absolute Gasteiger partial charge is 0.303 e. The molecule has 4 heteroatoms. The first kappa shape index (κ1) is 12.5. The van der Waals surface area contributed by atoms with Crippen molar-refractivity contribution in [2.75, 3.05) is 11.5 Å². The predicted octanol–water partition coefficient (Wildman–Crippen LogP) is 1.81. The number of carbonyl (C=O) groups is 2. The van der Waals surface area contributed by atoms with E-state index >= 15 is 0 Å². The van der Waals surface area contributed by atoms with Gasteiger partial charge in [0.05, 0.1) is 12.2 Å². The fourth-order valence-corrected chi connectivity index (χ4v) is 1.69. The van der Waals surface area contributed by atoms with Crippen LogP contribution in [0.5, 0.6) is 0 Å². The number of thioether (sulfide) groups is 1. The van der Waals surface area contributed by atoms with Crippen molar-refractivity contribution in [3.05, 3.63) is 0 Å². The Kier molecular flexibility index (Phi) is 6.68. The van der Waals surface area contributed by atoms with Crippen molar-refractivity contribution < 1.29 is 14.7 Å². The van der Waals surface area contributed by atoms with Gasteiger partial charge >= 0.3 is 5.97 Å². The third-order valence-electron chi connectivity index (χ3n) is 1.33. The van der Waals surface area contributed by atoms with Gasteiger partial charge in [0, 0.05) is 6.42 Å². The van der Waals surface area contributed by atoms with Crippen LogP contribution in [0.3, 0.4) is 0 Å². The summed E-state index contributed by atoms with van der Waals surface area (Å²) in [5, 5.41) is 8.32. The first-order valence-corrected chi connectivity index (χ1v) is 5.49. The van der Waals surface area contributed by atoms with Crippen molar-refractivity contribution >= 4 is 23.5 Å². The van der Waals surface area contributed by atoms with Crippen LogP contribution in [0.2, 0.25) is 0 Å². The van der Waals surface area contributed by atoms with E-state index in [0.29, 0.717) is 11.7 Å². The average molecular weight is 204 g/mol. The Bertz CT molecular complexity index is 178. The lowest BCUT2D eigenvalue weighted by Crippen LogP contribution is -2.06. The highest BCUT2D eigenvalue weighted by Gasteiger charge is 2.05. The van der Waals surface area contributed by atoms with E-state index in [4.69, 9.17) is 5.11 Å². The van der Waals surface area contributed by atoms with Gasteiger partial charge in [0.25, 0.3) is 0 Å². The van der Waals surface area contributed by atoms with Gasteiger partial charge in [-0.15, -0.1) is 0 Å². The molecule has 0 heterocycles. The lowest BCUT2D eigenvalue weighted by molar-refractivity contribution is -0.138. The third kappa shape index (κ3) is 9.40. The van der Waals surface area contributed by atoms with Gasteiger partial charge in [0.2, 0.25) is 0 Å². The molecule has 0 fully saturated rings. The highest BCUT2D eigenvalue weighted by Crippen LogP contribution is 2.08. The molecule has 0 saturated carbocycles. The molecule has 0 aliphatic heterocycles. The summed E-state index contributed by atoms with van der Waals surface area (Å²) < 4.78 is 0. The number of carboxylic acid groups (broad SMARTS) is 1. The Hall–Kier alpha value is -0.510. The van der Waals surface area contributed by atoms with Gasteiger partial charge in [0.1, 0.15) is 5.78 Å². The summed E-state index contributed by atoms with van der Waals surface area (Å²) in [4.78, 5) is 21.2. The highest BCUT2D eigenvalue weighted by molar-refractivity contribution is 7.99. The van der Waals surface area contributed by atoms with Crippen LogP contribution < -0.4 is 0 Å². The first-order valence-electron chi connectivity index (χ1n) is 4.33. The predicted molar refractivity (Wildman–Crippen MR) is 54.0 cm³/mol. The number of rotatable bonds is 7. The van der Waals surface area contributed by atoms with Crippen LogP contribution in [-0.2, 0) is 9.59 Å². The molecule has 1 N–H and O–H groups in total. The molecule has 0 rings (SSSR count). The van der Waals surface area contributed by atoms with Gasteiger partial charge in [-0.2, -0.15) is 11.8 Å². The number of hydrogen-bond acceptors (Lipinski definition) is 3. The molecule has 0 saturated heterocycles. The summed E-state index contributed by atoms with van der Waals surface area (Å²) in [6.07, 6.45) is 0.126. The van der Waals surface area contributed by atoms with E-state index in [1.54, 1.807) is 11.8 Å². The minimum absolute atomic E-state index is 0.0352. The third-order valence-corrected chi connectivity index (χ3v) is 2.76. The summed E-state index contributed by atoms with van der Waals surface area (Å²) in [7, 11) is 0. The molecule has 0 aromatic heterocycles. The number of hydrogen-bond donors (Lipinski definition) is 1. The Labute approximate surface area is 82.9 Å². The summed E-state index contributed by atoms with van der Waals surface area (Å²) in [5.74, 6) is 1.12. The molecule has 76 valence electrons. The number of aliphatic carboxylic acids is 1. The van der Waals surface area contributed by atoms with E-state index in [1.165, 1.54) is 0 Å². The number of ketones is 1. The lowest BCUT2D eigenvalue weighted by Gasteiger charge is -2.02. The van der Waals surface area contributed by atoms with Gasteiger partial charge in [-0.3, -0.25) is 9.59 Å². The van der Waals surface area contributed by atoms with E-state index in [-0.39, 0.29) is 18.6 Å². The molecule has 3 nitrogen and oxygen atoms in total. The zero-order valence-electron chi connectivity index (χ0n) is 8.08. The summed E-state index contributed by atoms with van der Waals surface area (Å²) >= 11 is 1.58. The second-order valence-electron chi connectivity index (χ2n) is 3.34. The van der Waals surface area contributed by atoms with Gasteiger partial charge in [-0.1, -0.05) is 13.8 Å². The van der Waals surface area contributed by atoms with Gasteiger partial charge in [-0.05, 0) is 11.7 Å². The molecule has 0 radical (unpaired) electrons. The van der Waals surface area contributed by atoms with Crippen molar-refractivity contribution in [3.63, 3.8) is 0 Å². The Balaban J connectivity index is 3.36. The van der Waals surface area contributed by atoms with E-state index in [1.807, 2.05) is 0 Å². The summed E-state index contributed by atoms with van der Waals surface area (Å²) in [6, 6.07) is 0. The molecule has 0 atom stereocenters. The van der Waals surface area contributed by atoms with E-state index in [9.17, 15) is 9.59 Å². The van der Waals surface area contributed by atoms with Crippen molar-refractivity contribution in [3.8, 4) is 0 Å². The molecular weight excluding hydrogens is 188 g/mol. The van der Waals surface area contributed by atoms with Gasteiger partial charge < -0.3 is 5.11 Å². The Morgan fingerprint density at radius 3 is 2.38 bits per heavy atom. The fourth-order valence-electron chi connectivity index (χ4n) is 0.727. The second kappa shape index (κ2) is 6.95. The molecule has 0 unspecified atom stereocenters. The molecule has 13 heavy (non-hydrogen) atoms. The maximum Gasteiger partial charge on any atom is 0.303 e. The maximum atomic E-state index is 11.0. The van der Waals surface area contributed by atoms with Gasteiger partial charge in [-0.25, -0.2) is 0 Å². The zero-order valence-corrected chi connectivity index (χ0v) is 8.89. The van der Waals surface area contributed by atoms with Crippen LogP contribution in [0.4, 0.5) is 0 Å². The summed E-state index contributed by atoms with van der Waals surface area (Å²) in [6.45, 7) is 4.18. The van der Waals surface area contributed by atoms with Crippen molar-refractivity contribution in [1.29, 1.82) is 0 Å². The lowest BCUT2D eigenvalue weighted by atomic mass is 10.2. The number of carboxylic acids is 1. The highest BCUT2D eigenvalue weighted by atomic mass is 32.2. The Morgan fingerprint density at radius 2 is 1.92 bits per heavy atom. The second-order valence-corrected chi connectivity index (χ2v) is 4.37. The van der Waals surface area contributed by atoms with Crippen LogP contribution in [0.25, 0.3) is 0 Å².